The fraction of sp³-hybridized carbons (Fsp3) is 0.385. The maximum absolute atomic E-state index is 12.9. The molecule has 2 aromatic rings. The molecule has 0 N–H and O–H groups in total. The molecule has 94 valence electrons. The summed E-state index contributed by atoms with van der Waals surface area (Å²) in [5.74, 6) is 0.260. The second-order valence-corrected chi connectivity index (χ2v) is 5.45. The molecule has 0 atom stereocenters. The minimum Gasteiger partial charge on any atom is -0.271 e. The first kappa shape index (κ1) is 11.8. The van der Waals surface area contributed by atoms with Crippen LogP contribution in [0.4, 0.5) is 4.39 Å². The summed E-state index contributed by atoms with van der Waals surface area (Å²) in [5.41, 5.74) is 2.71. The highest BCUT2D eigenvalue weighted by Gasteiger charge is 2.27. The number of hydrogen-bond acceptors (Lipinski definition) is 2. The number of nitrogens with zero attached hydrogens (tertiary/aromatic N) is 3. The predicted molar refractivity (Wildman–Crippen MR) is 70.7 cm³/mol. The summed E-state index contributed by atoms with van der Waals surface area (Å²) in [4.78, 5) is 4.09. The molecule has 0 unspecified atom stereocenters. The summed E-state index contributed by atoms with van der Waals surface area (Å²) in [6.45, 7) is 0. The number of pyridine rings is 1. The first-order valence-electron chi connectivity index (χ1n) is 6.01. The summed E-state index contributed by atoms with van der Waals surface area (Å²) in [5, 5.41) is 4.50. The van der Waals surface area contributed by atoms with Crippen molar-refractivity contribution in [2.45, 2.75) is 25.2 Å². The SMILES string of the molecule is Cn1nc(-c2ccc(F)cn2)c(Br)c1C1CCC1. The van der Waals surface area contributed by atoms with Crippen molar-refractivity contribution in [3.05, 3.63) is 34.3 Å². The zero-order valence-electron chi connectivity index (χ0n) is 10.0. The van der Waals surface area contributed by atoms with Gasteiger partial charge in [-0.25, -0.2) is 4.39 Å². The first-order valence-corrected chi connectivity index (χ1v) is 6.80. The molecule has 18 heavy (non-hydrogen) atoms. The van der Waals surface area contributed by atoms with E-state index in [9.17, 15) is 4.39 Å². The van der Waals surface area contributed by atoms with E-state index in [1.807, 2.05) is 11.7 Å². The Morgan fingerprint density at radius 2 is 2.17 bits per heavy atom. The molecule has 3 rings (SSSR count). The van der Waals surface area contributed by atoms with Gasteiger partial charge in [0.1, 0.15) is 11.5 Å². The lowest BCUT2D eigenvalue weighted by Crippen LogP contribution is -2.13. The highest BCUT2D eigenvalue weighted by atomic mass is 79.9. The minimum absolute atomic E-state index is 0.329. The second kappa shape index (κ2) is 4.46. The van der Waals surface area contributed by atoms with E-state index in [4.69, 9.17) is 0 Å². The van der Waals surface area contributed by atoms with Crippen LogP contribution in [0.1, 0.15) is 30.9 Å². The Hall–Kier alpha value is -1.23. The van der Waals surface area contributed by atoms with E-state index in [1.54, 1.807) is 6.07 Å². The van der Waals surface area contributed by atoms with Crippen molar-refractivity contribution in [1.29, 1.82) is 0 Å². The molecule has 2 aromatic heterocycles. The Morgan fingerprint density at radius 1 is 1.39 bits per heavy atom. The summed E-state index contributed by atoms with van der Waals surface area (Å²) in [7, 11) is 1.95. The third kappa shape index (κ3) is 1.86. The van der Waals surface area contributed by atoms with Crippen LogP contribution in [-0.4, -0.2) is 14.8 Å². The summed E-state index contributed by atoms with van der Waals surface area (Å²) in [6.07, 6.45) is 4.94. The van der Waals surface area contributed by atoms with Gasteiger partial charge in [-0.1, -0.05) is 6.42 Å². The normalized spacial score (nSPS) is 15.7. The summed E-state index contributed by atoms with van der Waals surface area (Å²) < 4.78 is 15.8. The number of halogens is 2. The van der Waals surface area contributed by atoms with Gasteiger partial charge >= 0.3 is 0 Å². The van der Waals surface area contributed by atoms with Gasteiger partial charge in [0.05, 0.1) is 22.1 Å². The lowest BCUT2D eigenvalue weighted by molar-refractivity contribution is 0.396. The van der Waals surface area contributed by atoms with Crippen LogP contribution < -0.4 is 0 Å². The van der Waals surface area contributed by atoms with E-state index < -0.39 is 0 Å². The summed E-state index contributed by atoms with van der Waals surface area (Å²) in [6, 6.07) is 3.07. The smallest absolute Gasteiger partial charge is 0.141 e. The van der Waals surface area contributed by atoms with Crippen molar-refractivity contribution in [2.24, 2.45) is 7.05 Å². The third-order valence-electron chi connectivity index (χ3n) is 3.49. The molecule has 1 fully saturated rings. The number of aryl methyl sites for hydroxylation is 1. The van der Waals surface area contributed by atoms with Crippen LogP contribution in [0.25, 0.3) is 11.4 Å². The fourth-order valence-electron chi connectivity index (χ4n) is 2.32. The monoisotopic (exact) mass is 309 g/mol. The van der Waals surface area contributed by atoms with Gasteiger partial charge in [-0.3, -0.25) is 9.67 Å². The molecule has 2 heterocycles. The van der Waals surface area contributed by atoms with E-state index >= 15 is 0 Å². The average molecular weight is 310 g/mol. The first-order chi connectivity index (χ1) is 8.66. The molecule has 3 nitrogen and oxygen atoms in total. The van der Waals surface area contributed by atoms with Gasteiger partial charge in [-0.05, 0) is 40.9 Å². The molecule has 1 aliphatic rings. The molecule has 5 heteroatoms. The van der Waals surface area contributed by atoms with Crippen molar-refractivity contribution < 1.29 is 4.39 Å². The third-order valence-corrected chi connectivity index (χ3v) is 4.28. The molecule has 0 bridgehead atoms. The van der Waals surface area contributed by atoms with Gasteiger partial charge in [0.2, 0.25) is 0 Å². The molecule has 0 amide bonds. The van der Waals surface area contributed by atoms with E-state index in [2.05, 4.69) is 26.0 Å². The van der Waals surface area contributed by atoms with E-state index in [0.29, 0.717) is 11.6 Å². The van der Waals surface area contributed by atoms with Crippen LogP contribution in [0.3, 0.4) is 0 Å². The average Bonchev–Trinajstić information content (AvgIpc) is 2.56. The van der Waals surface area contributed by atoms with Crippen LogP contribution >= 0.6 is 15.9 Å². The molecule has 1 saturated carbocycles. The lowest BCUT2D eigenvalue weighted by atomic mass is 9.83. The Kier molecular flexibility index (Phi) is 2.93. The van der Waals surface area contributed by atoms with Gasteiger partial charge in [0, 0.05) is 13.0 Å². The topological polar surface area (TPSA) is 30.7 Å². The Balaban J connectivity index is 2.04. The Morgan fingerprint density at radius 3 is 2.72 bits per heavy atom. The van der Waals surface area contributed by atoms with Gasteiger partial charge in [0.25, 0.3) is 0 Å². The lowest BCUT2D eigenvalue weighted by Gasteiger charge is -2.25. The van der Waals surface area contributed by atoms with Crippen LogP contribution in [0.2, 0.25) is 0 Å². The van der Waals surface area contributed by atoms with Crippen LogP contribution in [0.5, 0.6) is 0 Å². The van der Waals surface area contributed by atoms with Gasteiger partial charge in [0.15, 0.2) is 0 Å². The molecule has 0 aromatic carbocycles. The molecular formula is C13H13BrFN3. The zero-order chi connectivity index (χ0) is 12.7. The van der Waals surface area contributed by atoms with Crippen LogP contribution in [0, 0.1) is 5.82 Å². The largest absolute Gasteiger partial charge is 0.271 e. The van der Waals surface area contributed by atoms with Crippen molar-refractivity contribution in [1.82, 2.24) is 14.8 Å². The molecule has 0 aliphatic heterocycles. The number of hydrogen-bond donors (Lipinski definition) is 0. The molecule has 1 aliphatic carbocycles. The van der Waals surface area contributed by atoms with Gasteiger partial charge < -0.3 is 0 Å². The Bertz CT molecular complexity index is 573. The van der Waals surface area contributed by atoms with Crippen LogP contribution in [0.15, 0.2) is 22.8 Å². The maximum Gasteiger partial charge on any atom is 0.141 e. The summed E-state index contributed by atoms with van der Waals surface area (Å²) >= 11 is 3.62. The van der Waals surface area contributed by atoms with Gasteiger partial charge in [-0.15, -0.1) is 0 Å². The molecule has 0 spiro atoms. The van der Waals surface area contributed by atoms with Crippen molar-refractivity contribution in [2.75, 3.05) is 0 Å². The van der Waals surface area contributed by atoms with Crippen molar-refractivity contribution in [3.63, 3.8) is 0 Å². The maximum atomic E-state index is 12.9. The molecule has 0 saturated heterocycles. The van der Waals surface area contributed by atoms with Crippen molar-refractivity contribution >= 4 is 15.9 Å². The molecule has 0 radical (unpaired) electrons. The second-order valence-electron chi connectivity index (χ2n) is 4.66. The van der Waals surface area contributed by atoms with E-state index in [0.717, 1.165) is 10.2 Å². The Labute approximate surface area is 113 Å². The van der Waals surface area contributed by atoms with E-state index in [1.165, 1.54) is 37.2 Å². The van der Waals surface area contributed by atoms with E-state index in [-0.39, 0.29) is 5.82 Å². The van der Waals surface area contributed by atoms with Gasteiger partial charge in [-0.2, -0.15) is 5.10 Å². The minimum atomic E-state index is -0.329. The standard InChI is InChI=1S/C13H13BrFN3/c1-18-13(8-3-2-4-8)11(14)12(17-18)10-6-5-9(15)7-16-10/h5-8H,2-4H2,1H3. The fourth-order valence-corrected chi connectivity index (χ4v) is 3.18. The number of rotatable bonds is 2. The van der Waals surface area contributed by atoms with Crippen LogP contribution in [-0.2, 0) is 7.05 Å². The zero-order valence-corrected chi connectivity index (χ0v) is 11.6. The highest BCUT2D eigenvalue weighted by molar-refractivity contribution is 9.10. The number of aromatic nitrogens is 3. The predicted octanol–water partition coefficient (Wildman–Crippen LogP) is 3.65. The highest BCUT2D eigenvalue weighted by Crippen LogP contribution is 2.42. The quantitative estimate of drug-likeness (QED) is 0.847. The van der Waals surface area contributed by atoms with Crippen molar-refractivity contribution in [3.8, 4) is 11.4 Å². The molecular weight excluding hydrogens is 297 g/mol.